The number of aliphatic carboxylic acids is 1. The van der Waals surface area contributed by atoms with E-state index < -0.39 is 5.97 Å². The van der Waals surface area contributed by atoms with E-state index in [0.29, 0.717) is 19.5 Å². The molecule has 0 aliphatic rings. The Morgan fingerprint density at radius 1 is 1.40 bits per heavy atom. The number of carbonyl (C=O) groups excluding carboxylic acids is 1. The molecule has 6 nitrogen and oxygen atoms in total. The summed E-state index contributed by atoms with van der Waals surface area (Å²) in [5, 5.41) is 11.2. The summed E-state index contributed by atoms with van der Waals surface area (Å²) in [6.45, 7) is 0.815. The number of nitrogens with zero attached hydrogens (tertiary/aromatic N) is 1. The van der Waals surface area contributed by atoms with Crippen molar-refractivity contribution in [3.05, 3.63) is 29.8 Å². The molecule has 0 spiro atoms. The lowest BCUT2D eigenvalue weighted by Crippen LogP contribution is -2.37. The van der Waals surface area contributed by atoms with E-state index in [2.05, 4.69) is 5.32 Å². The third kappa shape index (κ3) is 5.60. The van der Waals surface area contributed by atoms with Crippen molar-refractivity contribution >= 4 is 12.0 Å². The number of carboxylic acids is 1. The second-order valence-electron chi connectivity index (χ2n) is 4.44. The quantitative estimate of drug-likeness (QED) is 0.745. The second kappa shape index (κ2) is 8.04. The van der Waals surface area contributed by atoms with Crippen molar-refractivity contribution in [2.75, 3.05) is 20.7 Å². The van der Waals surface area contributed by atoms with Crippen LogP contribution in [-0.4, -0.2) is 42.7 Å². The van der Waals surface area contributed by atoms with E-state index in [4.69, 9.17) is 9.84 Å². The lowest BCUT2D eigenvalue weighted by molar-refractivity contribution is -0.137. The van der Waals surface area contributed by atoms with Crippen LogP contribution in [0.25, 0.3) is 0 Å². The molecule has 0 unspecified atom stereocenters. The van der Waals surface area contributed by atoms with E-state index in [1.807, 2.05) is 24.3 Å². The molecule has 0 aliphatic carbocycles. The molecule has 1 aromatic carbocycles. The van der Waals surface area contributed by atoms with Crippen LogP contribution >= 0.6 is 0 Å². The molecule has 1 aromatic rings. The molecule has 1 rings (SSSR count). The number of hydrogen-bond donors (Lipinski definition) is 2. The number of urea groups is 1. The maximum atomic E-state index is 11.8. The summed E-state index contributed by atoms with van der Waals surface area (Å²) in [4.78, 5) is 23.7. The normalized spacial score (nSPS) is 9.90. The molecule has 110 valence electrons. The summed E-state index contributed by atoms with van der Waals surface area (Å²) in [6.07, 6.45) is 0.480. The van der Waals surface area contributed by atoms with Gasteiger partial charge in [-0.25, -0.2) is 4.79 Å². The lowest BCUT2D eigenvalue weighted by atomic mass is 10.2. The van der Waals surface area contributed by atoms with Gasteiger partial charge in [-0.15, -0.1) is 0 Å². The highest BCUT2D eigenvalue weighted by Crippen LogP contribution is 2.13. The fraction of sp³-hybridized carbons (Fsp3) is 0.429. The first-order chi connectivity index (χ1) is 9.52. The van der Waals surface area contributed by atoms with Crippen molar-refractivity contribution in [3.63, 3.8) is 0 Å². The van der Waals surface area contributed by atoms with Crippen LogP contribution in [0.3, 0.4) is 0 Å². The van der Waals surface area contributed by atoms with Crippen LogP contribution in [0, 0.1) is 0 Å². The molecule has 0 saturated carbocycles. The first-order valence-corrected chi connectivity index (χ1v) is 6.36. The van der Waals surface area contributed by atoms with Gasteiger partial charge in [-0.2, -0.15) is 0 Å². The standard InChI is InChI=1S/C14H20N2O4/c1-16(14(19)15-8-4-7-13(17)18)10-11-5-3-6-12(9-11)20-2/h3,5-6,9H,4,7-8,10H2,1-2H3,(H,15,19)(H,17,18). The summed E-state index contributed by atoms with van der Waals surface area (Å²) < 4.78 is 5.12. The third-order valence-corrected chi connectivity index (χ3v) is 2.74. The lowest BCUT2D eigenvalue weighted by Gasteiger charge is -2.18. The average molecular weight is 280 g/mol. The van der Waals surface area contributed by atoms with Crippen LogP contribution in [0.15, 0.2) is 24.3 Å². The first-order valence-electron chi connectivity index (χ1n) is 6.36. The number of amides is 2. The molecule has 6 heteroatoms. The highest BCUT2D eigenvalue weighted by molar-refractivity contribution is 5.74. The maximum Gasteiger partial charge on any atom is 0.317 e. The highest BCUT2D eigenvalue weighted by Gasteiger charge is 2.09. The molecule has 0 heterocycles. The van der Waals surface area contributed by atoms with Gasteiger partial charge in [0.2, 0.25) is 0 Å². The van der Waals surface area contributed by atoms with Crippen LogP contribution in [0.2, 0.25) is 0 Å². The largest absolute Gasteiger partial charge is 0.497 e. The summed E-state index contributed by atoms with van der Waals surface area (Å²) in [6, 6.07) is 7.27. The highest BCUT2D eigenvalue weighted by atomic mass is 16.5. The monoisotopic (exact) mass is 280 g/mol. The SMILES string of the molecule is COc1cccc(CN(C)C(=O)NCCCC(=O)O)c1. The van der Waals surface area contributed by atoms with Crippen molar-refractivity contribution < 1.29 is 19.4 Å². The van der Waals surface area contributed by atoms with Gasteiger partial charge in [0.05, 0.1) is 7.11 Å². The molecule has 2 N–H and O–H groups in total. The predicted molar refractivity (Wildman–Crippen MR) is 74.7 cm³/mol. The molecular weight excluding hydrogens is 260 g/mol. The Hall–Kier alpha value is -2.24. The fourth-order valence-electron chi connectivity index (χ4n) is 1.69. The van der Waals surface area contributed by atoms with Crippen molar-refractivity contribution in [1.82, 2.24) is 10.2 Å². The van der Waals surface area contributed by atoms with Gasteiger partial charge in [-0.3, -0.25) is 4.79 Å². The number of ether oxygens (including phenoxy) is 1. The number of carboxylic acid groups (broad SMARTS) is 1. The van der Waals surface area contributed by atoms with Crippen LogP contribution in [0.1, 0.15) is 18.4 Å². The van der Waals surface area contributed by atoms with E-state index in [1.165, 1.54) is 4.90 Å². The molecule has 0 bridgehead atoms. The van der Waals surface area contributed by atoms with Crippen LogP contribution in [0.4, 0.5) is 4.79 Å². The summed E-state index contributed by atoms with van der Waals surface area (Å²) in [7, 11) is 3.28. The number of nitrogens with one attached hydrogen (secondary N) is 1. The van der Waals surface area contributed by atoms with Gasteiger partial charge in [0, 0.05) is 26.6 Å². The minimum absolute atomic E-state index is 0.0554. The number of benzene rings is 1. The summed E-state index contributed by atoms with van der Waals surface area (Å²) >= 11 is 0. The van der Waals surface area contributed by atoms with Crippen LogP contribution in [0.5, 0.6) is 5.75 Å². The van der Waals surface area contributed by atoms with Gasteiger partial charge in [0.25, 0.3) is 0 Å². The third-order valence-electron chi connectivity index (χ3n) is 2.74. The smallest absolute Gasteiger partial charge is 0.317 e. The van der Waals surface area contributed by atoms with Crippen molar-refractivity contribution in [2.45, 2.75) is 19.4 Å². The topological polar surface area (TPSA) is 78.9 Å². The summed E-state index contributed by atoms with van der Waals surface area (Å²) in [5.74, 6) is -0.109. The van der Waals surface area contributed by atoms with Crippen molar-refractivity contribution in [3.8, 4) is 5.75 Å². The van der Waals surface area contributed by atoms with E-state index >= 15 is 0 Å². The Balaban J connectivity index is 2.38. The van der Waals surface area contributed by atoms with E-state index in [1.54, 1.807) is 14.2 Å². The number of hydrogen-bond acceptors (Lipinski definition) is 3. The van der Waals surface area contributed by atoms with E-state index in [-0.39, 0.29) is 12.5 Å². The van der Waals surface area contributed by atoms with Gasteiger partial charge in [-0.05, 0) is 24.1 Å². The number of rotatable bonds is 7. The van der Waals surface area contributed by atoms with Gasteiger partial charge in [0.1, 0.15) is 5.75 Å². The molecular formula is C14H20N2O4. The van der Waals surface area contributed by atoms with Gasteiger partial charge >= 0.3 is 12.0 Å². The Kier molecular flexibility index (Phi) is 6.36. The number of carbonyl (C=O) groups is 2. The molecule has 20 heavy (non-hydrogen) atoms. The van der Waals surface area contributed by atoms with Gasteiger partial charge in [-0.1, -0.05) is 12.1 Å². The minimum atomic E-state index is -0.857. The minimum Gasteiger partial charge on any atom is -0.497 e. The maximum absolute atomic E-state index is 11.8. The van der Waals surface area contributed by atoms with Crippen LogP contribution in [-0.2, 0) is 11.3 Å². The molecule has 0 saturated heterocycles. The Morgan fingerprint density at radius 3 is 2.80 bits per heavy atom. The number of methoxy groups -OCH3 is 1. The Labute approximate surface area is 118 Å². The molecule has 0 aromatic heterocycles. The van der Waals surface area contributed by atoms with Gasteiger partial charge in [0.15, 0.2) is 0 Å². The molecule has 0 fully saturated rings. The Bertz CT molecular complexity index is 462. The zero-order chi connectivity index (χ0) is 15.0. The molecule has 0 aliphatic heterocycles. The van der Waals surface area contributed by atoms with E-state index in [9.17, 15) is 9.59 Å². The predicted octanol–water partition coefficient (Wildman–Crippen LogP) is 1.70. The van der Waals surface area contributed by atoms with Crippen LogP contribution < -0.4 is 10.1 Å². The van der Waals surface area contributed by atoms with Crippen molar-refractivity contribution in [1.29, 1.82) is 0 Å². The second-order valence-corrected chi connectivity index (χ2v) is 4.44. The average Bonchev–Trinajstić information content (AvgIpc) is 2.43. The van der Waals surface area contributed by atoms with E-state index in [0.717, 1.165) is 11.3 Å². The first kappa shape index (κ1) is 15.8. The van der Waals surface area contributed by atoms with Gasteiger partial charge < -0.3 is 20.1 Å². The molecule has 0 atom stereocenters. The zero-order valence-corrected chi connectivity index (χ0v) is 11.8. The summed E-state index contributed by atoms with van der Waals surface area (Å²) in [5.41, 5.74) is 0.965. The molecule has 0 radical (unpaired) electrons. The van der Waals surface area contributed by atoms with Crippen molar-refractivity contribution in [2.24, 2.45) is 0 Å². The molecule has 2 amide bonds. The Morgan fingerprint density at radius 2 is 2.15 bits per heavy atom. The fourth-order valence-corrected chi connectivity index (χ4v) is 1.69. The zero-order valence-electron chi connectivity index (χ0n) is 11.8.